The summed E-state index contributed by atoms with van der Waals surface area (Å²) < 4.78 is 12.2. The van der Waals surface area contributed by atoms with Crippen LogP contribution in [0.25, 0.3) is 0 Å². The topological polar surface area (TPSA) is 47.6 Å². The number of amides is 1. The fraction of sp³-hybridized carbons (Fsp3) is 0.211. The first-order valence-electron chi connectivity index (χ1n) is 7.50. The molecule has 0 atom stereocenters. The standard InChI is InChI=1S/C19H20BrNO3/c1-13(2)11-24-18-7-5-4-6-17(18)21-19(22)12-23-15-8-9-16(20)14(3)10-15/h4-10H,1,11-12H2,2-3H3,(H,21,22). The second kappa shape index (κ2) is 8.55. The SMILES string of the molecule is C=C(C)COc1ccccc1NC(=O)COc1ccc(Br)c(C)c1. The Balaban J connectivity index is 1.94. The molecular formula is C19H20BrNO3. The van der Waals surface area contributed by atoms with Crippen molar-refractivity contribution in [2.24, 2.45) is 0 Å². The maximum Gasteiger partial charge on any atom is 0.262 e. The summed E-state index contributed by atoms with van der Waals surface area (Å²) in [5, 5.41) is 2.80. The van der Waals surface area contributed by atoms with Gasteiger partial charge in [0.25, 0.3) is 5.91 Å². The van der Waals surface area contributed by atoms with E-state index in [-0.39, 0.29) is 12.5 Å². The van der Waals surface area contributed by atoms with Crippen LogP contribution in [0.3, 0.4) is 0 Å². The normalized spacial score (nSPS) is 10.1. The van der Waals surface area contributed by atoms with Gasteiger partial charge in [-0.3, -0.25) is 4.79 Å². The lowest BCUT2D eigenvalue weighted by molar-refractivity contribution is -0.118. The first-order valence-corrected chi connectivity index (χ1v) is 8.30. The molecular weight excluding hydrogens is 370 g/mol. The molecule has 0 radical (unpaired) electrons. The van der Waals surface area contributed by atoms with E-state index in [4.69, 9.17) is 9.47 Å². The molecule has 0 aromatic heterocycles. The molecule has 0 unspecified atom stereocenters. The Hall–Kier alpha value is -2.27. The van der Waals surface area contributed by atoms with Crippen LogP contribution in [-0.4, -0.2) is 19.1 Å². The number of carbonyl (C=O) groups is 1. The molecule has 1 N–H and O–H groups in total. The van der Waals surface area contributed by atoms with Crippen LogP contribution < -0.4 is 14.8 Å². The fourth-order valence-corrected chi connectivity index (χ4v) is 2.19. The lowest BCUT2D eigenvalue weighted by Crippen LogP contribution is -2.20. The molecule has 2 aromatic carbocycles. The number of aryl methyl sites for hydroxylation is 1. The molecule has 0 saturated carbocycles. The molecule has 0 bridgehead atoms. The van der Waals surface area contributed by atoms with E-state index in [9.17, 15) is 4.79 Å². The van der Waals surface area contributed by atoms with Crippen LogP contribution in [0.15, 0.2) is 59.1 Å². The third kappa shape index (κ3) is 5.42. The Bertz CT molecular complexity index is 743. The summed E-state index contributed by atoms with van der Waals surface area (Å²) in [5.74, 6) is 1.01. The number of benzene rings is 2. The van der Waals surface area contributed by atoms with Crippen molar-refractivity contribution in [3.05, 3.63) is 64.7 Å². The molecule has 2 rings (SSSR count). The van der Waals surface area contributed by atoms with Crippen LogP contribution in [0.2, 0.25) is 0 Å². The van der Waals surface area contributed by atoms with Crippen LogP contribution >= 0.6 is 15.9 Å². The molecule has 0 spiro atoms. The molecule has 0 fully saturated rings. The Morgan fingerprint density at radius 3 is 2.62 bits per heavy atom. The number of anilines is 1. The van der Waals surface area contributed by atoms with Crippen LogP contribution in [-0.2, 0) is 4.79 Å². The number of hydrogen-bond donors (Lipinski definition) is 1. The minimum absolute atomic E-state index is 0.0735. The zero-order chi connectivity index (χ0) is 17.5. The van der Waals surface area contributed by atoms with Crippen molar-refractivity contribution < 1.29 is 14.3 Å². The summed E-state index contributed by atoms with van der Waals surface area (Å²) in [6, 6.07) is 12.9. The molecule has 0 saturated heterocycles. The Morgan fingerprint density at radius 1 is 1.17 bits per heavy atom. The maximum absolute atomic E-state index is 12.1. The van der Waals surface area contributed by atoms with Gasteiger partial charge < -0.3 is 14.8 Å². The summed E-state index contributed by atoms with van der Waals surface area (Å²) in [6.07, 6.45) is 0. The van der Waals surface area contributed by atoms with Gasteiger partial charge in [0.2, 0.25) is 0 Å². The Kier molecular flexibility index (Phi) is 6.44. The number of nitrogens with one attached hydrogen (secondary N) is 1. The van der Waals surface area contributed by atoms with E-state index < -0.39 is 0 Å². The van der Waals surface area contributed by atoms with Crippen molar-refractivity contribution in [1.29, 1.82) is 0 Å². The summed E-state index contributed by atoms with van der Waals surface area (Å²) in [5.41, 5.74) is 2.57. The molecule has 4 nitrogen and oxygen atoms in total. The van der Waals surface area contributed by atoms with E-state index in [1.807, 2.05) is 44.2 Å². The van der Waals surface area contributed by atoms with Gasteiger partial charge in [0, 0.05) is 4.47 Å². The van der Waals surface area contributed by atoms with Gasteiger partial charge in [-0.05, 0) is 55.3 Å². The quantitative estimate of drug-likeness (QED) is 0.696. The van der Waals surface area contributed by atoms with Crippen molar-refractivity contribution in [3.8, 4) is 11.5 Å². The van der Waals surface area contributed by atoms with E-state index in [2.05, 4.69) is 27.8 Å². The Morgan fingerprint density at radius 2 is 1.92 bits per heavy atom. The number of para-hydroxylation sites is 2. The van der Waals surface area contributed by atoms with Crippen molar-refractivity contribution in [2.75, 3.05) is 18.5 Å². The highest BCUT2D eigenvalue weighted by Crippen LogP contribution is 2.24. The predicted octanol–water partition coefficient (Wildman–Crippen LogP) is 4.73. The maximum atomic E-state index is 12.1. The van der Waals surface area contributed by atoms with Crippen LogP contribution in [0.4, 0.5) is 5.69 Å². The molecule has 0 aliphatic heterocycles. The second-order valence-corrected chi connectivity index (χ2v) is 6.34. The van der Waals surface area contributed by atoms with Gasteiger partial charge in [0.1, 0.15) is 18.1 Å². The predicted molar refractivity (Wildman–Crippen MR) is 99.8 cm³/mol. The highest BCUT2D eigenvalue weighted by molar-refractivity contribution is 9.10. The largest absolute Gasteiger partial charge is 0.487 e. The highest BCUT2D eigenvalue weighted by atomic mass is 79.9. The number of rotatable bonds is 7. The smallest absolute Gasteiger partial charge is 0.262 e. The summed E-state index contributed by atoms with van der Waals surface area (Å²) in [7, 11) is 0. The van der Waals surface area contributed by atoms with Crippen molar-refractivity contribution in [3.63, 3.8) is 0 Å². The molecule has 0 heterocycles. The van der Waals surface area contributed by atoms with Gasteiger partial charge in [-0.1, -0.05) is 34.6 Å². The van der Waals surface area contributed by atoms with Gasteiger partial charge in [-0.2, -0.15) is 0 Å². The number of hydrogen-bond acceptors (Lipinski definition) is 3. The highest BCUT2D eigenvalue weighted by Gasteiger charge is 2.09. The number of ether oxygens (including phenoxy) is 2. The van der Waals surface area contributed by atoms with Crippen LogP contribution in [0.5, 0.6) is 11.5 Å². The van der Waals surface area contributed by atoms with Crippen molar-refractivity contribution in [2.45, 2.75) is 13.8 Å². The van der Waals surface area contributed by atoms with Gasteiger partial charge in [0.05, 0.1) is 5.69 Å². The summed E-state index contributed by atoms with van der Waals surface area (Å²) in [4.78, 5) is 12.1. The van der Waals surface area contributed by atoms with E-state index in [0.29, 0.717) is 23.8 Å². The molecule has 126 valence electrons. The van der Waals surface area contributed by atoms with E-state index in [1.54, 1.807) is 12.1 Å². The average Bonchev–Trinajstić information content (AvgIpc) is 2.55. The third-order valence-corrected chi connectivity index (χ3v) is 4.02. The first-order chi connectivity index (χ1) is 11.5. The summed E-state index contributed by atoms with van der Waals surface area (Å²) >= 11 is 3.43. The lowest BCUT2D eigenvalue weighted by atomic mass is 10.2. The number of halogens is 1. The fourth-order valence-electron chi connectivity index (χ4n) is 1.94. The van der Waals surface area contributed by atoms with Gasteiger partial charge >= 0.3 is 0 Å². The molecule has 0 aliphatic carbocycles. The van der Waals surface area contributed by atoms with Gasteiger partial charge in [-0.15, -0.1) is 0 Å². The van der Waals surface area contributed by atoms with Crippen molar-refractivity contribution in [1.82, 2.24) is 0 Å². The number of carbonyl (C=O) groups excluding carboxylic acids is 1. The van der Waals surface area contributed by atoms with Crippen LogP contribution in [0.1, 0.15) is 12.5 Å². The first kappa shape index (κ1) is 18.1. The zero-order valence-corrected chi connectivity index (χ0v) is 15.4. The second-order valence-electron chi connectivity index (χ2n) is 5.49. The van der Waals surface area contributed by atoms with Crippen LogP contribution in [0, 0.1) is 6.92 Å². The minimum atomic E-state index is -0.248. The average molecular weight is 390 g/mol. The molecule has 24 heavy (non-hydrogen) atoms. The third-order valence-electron chi connectivity index (χ3n) is 3.13. The van der Waals surface area contributed by atoms with E-state index in [1.165, 1.54) is 0 Å². The van der Waals surface area contributed by atoms with Gasteiger partial charge in [0.15, 0.2) is 6.61 Å². The van der Waals surface area contributed by atoms with Gasteiger partial charge in [-0.25, -0.2) is 0 Å². The zero-order valence-electron chi connectivity index (χ0n) is 13.8. The van der Waals surface area contributed by atoms with E-state index >= 15 is 0 Å². The molecule has 5 heteroatoms. The Labute approximate surface area is 150 Å². The van der Waals surface area contributed by atoms with Crippen molar-refractivity contribution >= 4 is 27.5 Å². The molecule has 2 aromatic rings. The molecule has 0 aliphatic rings. The molecule has 1 amide bonds. The van der Waals surface area contributed by atoms with E-state index in [0.717, 1.165) is 15.6 Å². The monoisotopic (exact) mass is 389 g/mol. The summed E-state index contributed by atoms with van der Waals surface area (Å²) in [6.45, 7) is 7.98. The minimum Gasteiger partial charge on any atom is -0.487 e. The lowest BCUT2D eigenvalue weighted by Gasteiger charge is -2.13.